The first-order valence-electron chi connectivity index (χ1n) is 1.86. The van der Waals surface area contributed by atoms with Crippen LogP contribution in [-0.4, -0.2) is 12.2 Å². The van der Waals surface area contributed by atoms with Gasteiger partial charge in [0.1, 0.15) is 6.17 Å². The normalized spacial score (nSPS) is 21.2. The molecule has 0 aliphatic carbocycles. The van der Waals surface area contributed by atoms with Gasteiger partial charge in [0.05, 0.1) is 0 Å². The van der Waals surface area contributed by atoms with E-state index in [-0.39, 0.29) is 12.2 Å². The summed E-state index contributed by atoms with van der Waals surface area (Å²) in [4.78, 5) is 9.89. The lowest BCUT2D eigenvalue weighted by Gasteiger charge is -2.24. The molecule has 2 amide bonds. The van der Waals surface area contributed by atoms with Crippen LogP contribution in [0.4, 0.5) is 4.79 Å². The molecule has 1 saturated heterocycles. The van der Waals surface area contributed by atoms with E-state index in [4.69, 9.17) is 0 Å². The number of carbonyl (C=O) groups is 1. The van der Waals surface area contributed by atoms with Crippen LogP contribution in [0.2, 0.25) is 0 Å². The molecule has 0 bridgehead atoms. The summed E-state index contributed by atoms with van der Waals surface area (Å²) < 4.78 is 0. The molecule has 1 aliphatic rings. The summed E-state index contributed by atoms with van der Waals surface area (Å²) in [6.07, 6.45) is 0.192. The monoisotopic (exact) mass is 86.0 g/mol. The van der Waals surface area contributed by atoms with E-state index in [0.29, 0.717) is 0 Å². The Morgan fingerprint density at radius 3 is 2.17 bits per heavy atom. The van der Waals surface area contributed by atoms with Crippen LogP contribution in [0, 0.1) is 0 Å². The fraction of sp³-hybridized carbons (Fsp3) is 0.667. The van der Waals surface area contributed by atoms with Gasteiger partial charge in [-0.2, -0.15) is 0 Å². The average Bonchev–Trinajstić information content (AvgIpc) is 1.33. The molecule has 0 spiro atoms. The standard InChI is InChI=1S/C3H6N2O/c1-2-4-3(6)5-2/h2H,1H3,(H2,4,5,6). The van der Waals surface area contributed by atoms with Crippen molar-refractivity contribution in [3.8, 4) is 0 Å². The van der Waals surface area contributed by atoms with Crippen molar-refractivity contribution in [3.63, 3.8) is 0 Å². The molecule has 3 heteroatoms. The van der Waals surface area contributed by atoms with Gasteiger partial charge in [-0.1, -0.05) is 0 Å². The number of urea groups is 1. The highest BCUT2D eigenvalue weighted by atomic mass is 16.2. The van der Waals surface area contributed by atoms with Crippen LogP contribution in [0.3, 0.4) is 0 Å². The van der Waals surface area contributed by atoms with Crippen molar-refractivity contribution in [2.24, 2.45) is 0 Å². The van der Waals surface area contributed by atoms with E-state index < -0.39 is 0 Å². The number of rotatable bonds is 0. The Morgan fingerprint density at radius 2 is 2.17 bits per heavy atom. The zero-order valence-electron chi connectivity index (χ0n) is 3.49. The van der Waals surface area contributed by atoms with Gasteiger partial charge in [-0.25, -0.2) is 4.79 Å². The SMILES string of the molecule is CC1NC(=O)N1. The average molecular weight is 86.1 g/mol. The first-order chi connectivity index (χ1) is 2.79. The summed E-state index contributed by atoms with van der Waals surface area (Å²) in [6, 6.07) is -0.0671. The van der Waals surface area contributed by atoms with E-state index in [1.807, 2.05) is 6.92 Å². The smallest absolute Gasteiger partial charge is 0.317 e. The van der Waals surface area contributed by atoms with Crippen molar-refractivity contribution in [1.82, 2.24) is 10.6 Å². The summed E-state index contributed by atoms with van der Waals surface area (Å²) in [5, 5.41) is 5.11. The maximum atomic E-state index is 9.89. The first kappa shape index (κ1) is 3.46. The van der Waals surface area contributed by atoms with Crippen molar-refractivity contribution in [1.29, 1.82) is 0 Å². The van der Waals surface area contributed by atoms with Crippen molar-refractivity contribution >= 4 is 6.03 Å². The molecule has 34 valence electrons. The fourth-order valence-electron chi connectivity index (χ4n) is 0.393. The molecule has 0 saturated carbocycles. The molecule has 1 heterocycles. The predicted octanol–water partition coefficient (Wildman–Crippen LogP) is -0.355. The van der Waals surface area contributed by atoms with Crippen LogP contribution in [0.5, 0.6) is 0 Å². The third-order valence-electron chi connectivity index (χ3n) is 0.695. The van der Waals surface area contributed by atoms with Crippen LogP contribution < -0.4 is 10.6 Å². The summed E-state index contributed by atoms with van der Waals surface area (Å²) >= 11 is 0. The maximum absolute atomic E-state index is 9.89. The molecule has 0 aromatic carbocycles. The van der Waals surface area contributed by atoms with Crippen LogP contribution in [-0.2, 0) is 0 Å². The second-order valence-corrected chi connectivity index (χ2v) is 1.34. The van der Waals surface area contributed by atoms with Crippen LogP contribution in [0.25, 0.3) is 0 Å². The van der Waals surface area contributed by atoms with E-state index in [2.05, 4.69) is 10.6 Å². The fourth-order valence-corrected chi connectivity index (χ4v) is 0.393. The van der Waals surface area contributed by atoms with Gasteiger partial charge in [0.2, 0.25) is 0 Å². The van der Waals surface area contributed by atoms with Crippen molar-refractivity contribution in [3.05, 3.63) is 0 Å². The van der Waals surface area contributed by atoms with E-state index >= 15 is 0 Å². The Kier molecular flexibility index (Phi) is 0.498. The lowest BCUT2D eigenvalue weighted by molar-refractivity contribution is 0.211. The molecule has 3 nitrogen and oxygen atoms in total. The molecule has 0 unspecified atom stereocenters. The number of carbonyl (C=O) groups excluding carboxylic acids is 1. The second kappa shape index (κ2) is 0.864. The molecule has 0 aromatic rings. The Balaban J connectivity index is 2.28. The maximum Gasteiger partial charge on any atom is 0.317 e. The highest BCUT2D eigenvalue weighted by Crippen LogP contribution is 1.83. The quantitative estimate of drug-likeness (QED) is 0.415. The van der Waals surface area contributed by atoms with Crippen molar-refractivity contribution < 1.29 is 4.79 Å². The van der Waals surface area contributed by atoms with Gasteiger partial charge in [-0.15, -0.1) is 0 Å². The molecule has 1 fully saturated rings. The Morgan fingerprint density at radius 1 is 1.67 bits per heavy atom. The van der Waals surface area contributed by atoms with E-state index in [9.17, 15) is 4.79 Å². The Bertz CT molecular complexity index is 72.9. The van der Waals surface area contributed by atoms with E-state index in [0.717, 1.165) is 0 Å². The number of nitrogens with one attached hydrogen (secondary N) is 2. The van der Waals surface area contributed by atoms with Crippen LogP contribution in [0.15, 0.2) is 0 Å². The largest absolute Gasteiger partial charge is 0.318 e. The zero-order valence-corrected chi connectivity index (χ0v) is 3.49. The van der Waals surface area contributed by atoms with Gasteiger partial charge >= 0.3 is 6.03 Å². The lowest BCUT2D eigenvalue weighted by atomic mass is 10.5. The molecule has 2 N–H and O–H groups in total. The number of amides is 2. The zero-order chi connectivity index (χ0) is 4.57. The first-order valence-corrected chi connectivity index (χ1v) is 1.86. The van der Waals surface area contributed by atoms with Crippen LogP contribution >= 0.6 is 0 Å². The molecule has 0 aromatic heterocycles. The minimum absolute atomic E-state index is 0.0671. The molecular formula is C3H6N2O. The molecule has 6 heavy (non-hydrogen) atoms. The third kappa shape index (κ3) is 0.319. The minimum Gasteiger partial charge on any atom is -0.318 e. The van der Waals surface area contributed by atoms with Crippen molar-refractivity contribution in [2.75, 3.05) is 0 Å². The Labute approximate surface area is 35.7 Å². The number of hydrogen-bond acceptors (Lipinski definition) is 1. The molecular weight excluding hydrogens is 80.0 g/mol. The van der Waals surface area contributed by atoms with Gasteiger partial charge < -0.3 is 10.6 Å². The molecule has 0 radical (unpaired) electrons. The van der Waals surface area contributed by atoms with E-state index in [1.165, 1.54) is 0 Å². The molecule has 0 atom stereocenters. The third-order valence-corrected chi connectivity index (χ3v) is 0.695. The summed E-state index contributed by atoms with van der Waals surface area (Å²) in [7, 11) is 0. The van der Waals surface area contributed by atoms with Crippen LogP contribution in [0.1, 0.15) is 6.92 Å². The number of hydrogen-bond donors (Lipinski definition) is 2. The topological polar surface area (TPSA) is 41.1 Å². The summed E-state index contributed by atoms with van der Waals surface area (Å²) in [5.41, 5.74) is 0. The Hall–Kier alpha value is -0.730. The summed E-state index contributed by atoms with van der Waals surface area (Å²) in [6.45, 7) is 1.88. The highest BCUT2D eigenvalue weighted by Gasteiger charge is 2.16. The van der Waals surface area contributed by atoms with Gasteiger partial charge in [0.25, 0.3) is 0 Å². The van der Waals surface area contributed by atoms with Gasteiger partial charge in [0, 0.05) is 0 Å². The van der Waals surface area contributed by atoms with Crippen molar-refractivity contribution in [2.45, 2.75) is 13.1 Å². The molecule has 1 rings (SSSR count). The summed E-state index contributed by atoms with van der Waals surface area (Å²) in [5.74, 6) is 0. The second-order valence-electron chi connectivity index (χ2n) is 1.34. The highest BCUT2D eigenvalue weighted by molar-refractivity contribution is 5.79. The molecule has 1 aliphatic heterocycles. The van der Waals surface area contributed by atoms with E-state index in [1.54, 1.807) is 0 Å². The van der Waals surface area contributed by atoms with Gasteiger partial charge in [0.15, 0.2) is 0 Å². The van der Waals surface area contributed by atoms with Gasteiger partial charge in [-0.3, -0.25) is 0 Å². The van der Waals surface area contributed by atoms with Gasteiger partial charge in [-0.05, 0) is 6.92 Å². The minimum atomic E-state index is -0.0671. The predicted molar refractivity (Wildman–Crippen MR) is 21.1 cm³/mol. The lowest BCUT2D eigenvalue weighted by Crippen LogP contribution is -2.61.